The van der Waals surface area contributed by atoms with Crippen LogP contribution in [0.25, 0.3) is 0 Å². The zero-order valence-corrected chi connectivity index (χ0v) is 16.4. The highest BCUT2D eigenvalue weighted by Crippen LogP contribution is 2.31. The summed E-state index contributed by atoms with van der Waals surface area (Å²) in [5.41, 5.74) is 0.339. The third kappa shape index (κ3) is 4.81. The van der Waals surface area contributed by atoms with Gasteiger partial charge in [0.15, 0.2) is 0 Å². The molecule has 0 bridgehead atoms. The number of benzene rings is 1. The van der Waals surface area contributed by atoms with Gasteiger partial charge in [-0.1, -0.05) is 42.5 Å². The summed E-state index contributed by atoms with van der Waals surface area (Å²) in [7, 11) is 0. The molecule has 1 fully saturated rings. The van der Waals surface area contributed by atoms with Gasteiger partial charge in [0.2, 0.25) is 5.91 Å². The van der Waals surface area contributed by atoms with E-state index in [0.29, 0.717) is 25.7 Å². The molecule has 1 aromatic rings. The Morgan fingerprint density at radius 3 is 2.26 bits per heavy atom. The van der Waals surface area contributed by atoms with Crippen LogP contribution in [0, 0.1) is 0 Å². The van der Waals surface area contributed by atoms with E-state index in [1.807, 2.05) is 0 Å². The Hall–Kier alpha value is -1.63. The van der Waals surface area contributed by atoms with Crippen LogP contribution in [0.15, 0.2) is 12.1 Å². The normalized spacial score (nSPS) is 17.3. The molecule has 1 N–H and O–H groups in total. The van der Waals surface area contributed by atoms with Gasteiger partial charge < -0.3 is 10.1 Å². The zero-order valence-electron chi connectivity index (χ0n) is 14.9. The van der Waals surface area contributed by atoms with Crippen LogP contribution < -0.4 is 5.32 Å². The van der Waals surface area contributed by atoms with Gasteiger partial charge in [0.1, 0.15) is 6.54 Å². The molecule has 0 saturated heterocycles. The lowest BCUT2D eigenvalue weighted by Gasteiger charge is -2.22. The average molecular weight is 413 g/mol. The predicted molar refractivity (Wildman–Crippen MR) is 102 cm³/mol. The van der Waals surface area contributed by atoms with Crippen LogP contribution in [0.3, 0.4) is 0 Å². The van der Waals surface area contributed by atoms with Crippen molar-refractivity contribution < 1.29 is 19.1 Å². The third-order valence-electron chi connectivity index (χ3n) is 4.86. The van der Waals surface area contributed by atoms with E-state index in [0.717, 1.165) is 17.7 Å². The number of halogens is 2. The first-order valence-corrected chi connectivity index (χ1v) is 9.96. The first kappa shape index (κ1) is 20.1. The minimum atomic E-state index is -0.538. The summed E-state index contributed by atoms with van der Waals surface area (Å²) in [6.45, 7) is 0.701. The Kier molecular flexibility index (Phi) is 6.73. The van der Waals surface area contributed by atoms with Gasteiger partial charge in [-0.05, 0) is 31.4 Å². The number of imide groups is 1. The minimum Gasteiger partial charge on any atom is -0.378 e. The first-order chi connectivity index (χ1) is 13.0. The lowest BCUT2D eigenvalue weighted by atomic mass is 9.98. The maximum atomic E-state index is 12.4. The fourth-order valence-electron chi connectivity index (χ4n) is 3.41. The molecule has 3 amide bonds. The Morgan fingerprint density at radius 1 is 1.07 bits per heavy atom. The Balaban J connectivity index is 1.43. The van der Waals surface area contributed by atoms with Gasteiger partial charge in [0.05, 0.1) is 27.3 Å². The lowest BCUT2D eigenvalue weighted by molar-refractivity contribution is -0.121. The summed E-state index contributed by atoms with van der Waals surface area (Å²) in [5, 5.41) is 3.11. The number of nitrogens with one attached hydrogen (secondary N) is 1. The number of ether oxygens (including phenoxy) is 1. The number of hydrogen-bond donors (Lipinski definition) is 1. The fraction of sp³-hybridized carbons (Fsp3) is 0.526. The highest BCUT2D eigenvalue weighted by Gasteiger charge is 2.37. The predicted octanol–water partition coefficient (Wildman–Crippen LogP) is 3.45. The number of carbonyl (C=O) groups is 3. The van der Waals surface area contributed by atoms with Gasteiger partial charge >= 0.3 is 0 Å². The number of rotatable bonds is 7. The highest BCUT2D eigenvalue weighted by atomic mass is 35.5. The van der Waals surface area contributed by atoms with Crippen LogP contribution in [0.2, 0.25) is 10.0 Å². The SMILES string of the molecule is O=C(CN1C(=O)c2cc(Cl)c(Cl)cc2C1=O)NCCCOC1CCCCC1. The molecule has 0 spiro atoms. The Labute approximate surface area is 168 Å². The molecule has 3 rings (SSSR count). The summed E-state index contributed by atoms with van der Waals surface area (Å²) in [4.78, 5) is 37.7. The molecule has 8 heteroatoms. The summed E-state index contributed by atoms with van der Waals surface area (Å²) in [5.74, 6) is -1.46. The van der Waals surface area contributed by atoms with Crippen LogP contribution in [0.1, 0.15) is 59.2 Å². The molecular weight excluding hydrogens is 391 g/mol. The van der Waals surface area contributed by atoms with Gasteiger partial charge in [-0.3, -0.25) is 19.3 Å². The van der Waals surface area contributed by atoms with Crippen LogP contribution in [-0.4, -0.2) is 48.4 Å². The fourth-order valence-corrected chi connectivity index (χ4v) is 3.74. The highest BCUT2D eigenvalue weighted by molar-refractivity contribution is 6.43. The second-order valence-electron chi connectivity index (χ2n) is 6.84. The molecule has 1 heterocycles. The number of fused-ring (bicyclic) bond motifs is 1. The van der Waals surface area contributed by atoms with Gasteiger partial charge in [-0.15, -0.1) is 0 Å². The molecule has 1 aliphatic carbocycles. The van der Waals surface area contributed by atoms with E-state index in [-0.39, 0.29) is 33.6 Å². The molecule has 1 aliphatic heterocycles. The largest absolute Gasteiger partial charge is 0.378 e. The van der Waals surface area contributed by atoms with E-state index in [1.54, 1.807) is 0 Å². The van der Waals surface area contributed by atoms with Crippen molar-refractivity contribution in [1.29, 1.82) is 0 Å². The first-order valence-electron chi connectivity index (χ1n) is 9.21. The maximum absolute atomic E-state index is 12.4. The van der Waals surface area contributed by atoms with Crippen LogP contribution in [0.4, 0.5) is 0 Å². The smallest absolute Gasteiger partial charge is 0.262 e. The monoisotopic (exact) mass is 412 g/mol. The van der Waals surface area contributed by atoms with E-state index in [9.17, 15) is 14.4 Å². The number of nitrogens with zero attached hydrogens (tertiary/aromatic N) is 1. The Bertz CT molecular complexity index is 706. The summed E-state index contributed by atoms with van der Waals surface area (Å²) >= 11 is 11.8. The molecule has 6 nitrogen and oxygen atoms in total. The topological polar surface area (TPSA) is 75.7 Å². The minimum absolute atomic E-state index is 0.170. The van der Waals surface area contributed by atoms with Gasteiger partial charge in [0.25, 0.3) is 11.8 Å². The molecule has 0 aromatic heterocycles. The molecule has 146 valence electrons. The van der Waals surface area contributed by atoms with Gasteiger partial charge in [-0.2, -0.15) is 0 Å². The number of carbonyl (C=O) groups excluding carboxylic acids is 3. The quantitative estimate of drug-likeness (QED) is 0.549. The molecule has 0 unspecified atom stereocenters. The molecule has 2 aliphatic rings. The number of amides is 3. The van der Waals surface area contributed by atoms with Crippen molar-refractivity contribution in [2.24, 2.45) is 0 Å². The van der Waals surface area contributed by atoms with E-state index >= 15 is 0 Å². The van der Waals surface area contributed by atoms with E-state index < -0.39 is 11.8 Å². The second kappa shape index (κ2) is 9.04. The molecule has 1 aromatic carbocycles. The van der Waals surface area contributed by atoms with Gasteiger partial charge in [-0.25, -0.2) is 0 Å². The third-order valence-corrected chi connectivity index (χ3v) is 5.58. The van der Waals surface area contributed by atoms with Crippen LogP contribution in [0.5, 0.6) is 0 Å². The lowest BCUT2D eigenvalue weighted by Crippen LogP contribution is -2.40. The van der Waals surface area contributed by atoms with E-state index in [1.165, 1.54) is 31.4 Å². The Morgan fingerprint density at radius 2 is 1.67 bits per heavy atom. The zero-order chi connectivity index (χ0) is 19.4. The molecular formula is C19H22Cl2N2O4. The summed E-state index contributed by atoms with van der Waals surface area (Å²) in [6.07, 6.45) is 6.98. The van der Waals surface area contributed by atoms with Crippen molar-refractivity contribution in [2.45, 2.75) is 44.6 Å². The van der Waals surface area contributed by atoms with E-state index in [2.05, 4.69) is 5.32 Å². The maximum Gasteiger partial charge on any atom is 0.262 e. The molecule has 0 atom stereocenters. The average Bonchev–Trinajstić information content (AvgIpc) is 2.87. The molecule has 0 radical (unpaired) electrons. The summed E-state index contributed by atoms with van der Waals surface area (Å²) in [6, 6.07) is 2.72. The summed E-state index contributed by atoms with van der Waals surface area (Å²) < 4.78 is 5.80. The molecule has 1 saturated carbocycles. The second-order valence-corrected chi connectivity index (χ2v) is 7.66. The van der Waals surface area contributed by atoms with Crippen LogP contribution in [-0.2, 0) is 9.53 Å². The van der Waals surface area contributed by atoms with Crippen molar-refractivity contribution >= 4 is 40.9 Å². The van der Waals surface area contributed by atoms with Crippen molar-refractivity contribution in [3.63, 3.8) is 0 Å². The van der Waals surface area contributed by atoms with Crippen molar-refractivity contribution in [3.8, 4) is 0 Å². The molecule has 27 heavy (non-hydrogen) atoms. The van der Waals surface area contributed by atoms with Gasteiger partial charge in [0, 0.05) is 13.2 Å². The van der Waals surface area contributed by atoms with Crippen molar-refractivity contribution in [3.05, 3.63) is 33.3 Å². The van der Waals surface area contributed by atoms with Crippen molar-refractivity contribution in [1.82, 2.24) is 10.2 Å². The van der Waals surface area contributed by atoms with E-state index in [4.69, 9.17) is 27.9 Å². The standard InChI is InChI=1S/C19H22Cl2N2O4/c20-15-9-13-14(10-16(15)21)19(26)23(18(13)25)11-17(24)22-7-4-8-27-12-5-2-1-3-6-12/h9-10,12H,1-8,11H2,(H,22,24). The van der Waals surface area contributed by atoms with Crippen LogP contribution >= 0.6 is 23.2 Å². The van der Waals surface area contributed by atoms with Crippen molar-refractivity contribution in [2.75, 3.05) is 19.7 Å². The number of hydrogen-bond acceptors (Lipinski definition) is 4.